The minimum absolute atomic E-state index is 0.330. The van der Waals surface area contributed by atoms with Gasteiger partial charge in [0.05, 0.1) is 13.1 Å². The third kappa shape index (κ3) is 4.61. The molecule has 3 heterocycles. The molecule has 0 N–H and O–H groups in total. The Morgan fingerprint density at radius 1 is 0.886 bits per heavy atom. The maximum absolute atomic E-state index is 12.3. The summed E-state index contributed by atoms with van der Waals surface area (Å²) in [6.45, 7) is 3.75. The van der Waals surface area contributed by atoms with Gasteiger partial charge in [-0.1, -0.05) is 72.4 Å². The smallest absolute Gasteiger partial charge is 0.336 e. The summed E-state index contributed by atoms with van der Waals surface area (Å²) in [5, 5.41) is 13.2. The number of fused-ring (bicyclic) bond motifs is 3. The van der Waals surface area contributed by atoms with E-state index in [1.165, 1.54) is 18.4 Å². The highest BCUT2D eigenvalue weighted by Gasteiger charge is 2.19. The first kappa shape index (κ1) is 22.1. The Morgan fingerprint density at radius 3 is 2.54 bits per heavy atom. The van der Waals surface area contributed by atoms with E-state index in [0.29, 0.717) is 11.3 Å². The zero-order chi connectivity index (χ0) is 23.6. The molecule has 0 amide bonds. The standard InChI is InChI=1S/C28H26N4O2S/c33-26-16-22(27-23-11-5-4-10-21(23)12-13-24(27)34-26)19-35-28-30-29-25(18-31-14-6-7-15-31)32(28)17-20-8-2-1-3-9-20/h1-5,8-13,16H,6-7,14-15,17-19H2. The van der Waals surface area contributed by atoms with Crippen LogP contribution < -0.4 is 5.63 Å². The van der Waals surface area contributed by atoms with Crippen LogP contribution in [0.1, 0.15) is 29.8 Å². The van der Waals surface area contributed by atoms with Crippen LogP contribution in [-0.4, -0.2) is 32.8 Å². The lowest BCUT2D eigenvalue weighted by Gasteiger charge is -2.16. The molecule has 0 radical (unpaired) electrons. The number of benzene rings is 3. The van der Waals surface area contributed by atoms with Gasteiger partial charge < -0.3 is 8.98 Å². The van der Waals surface area contributed by atoms with Gasteiger partial charge in [-0.2, -0.15) is 0 Å². The van der Waals surface area contributed by atoms with Crippen molar-refractivity contribution in [3.05, 3.63) is 100 Å². The lowest BCUT2D eigenvalue weighted by atomic mass is 10.0. The molecule has 6 rings (SSSR count). The zero-order valence-corrected chi connectivity index (χ0v) is 20.2. The van der Waals surface area contributed by atoms with Gasteiger partial charge in [0.2, 0.25) is 0 Å². The van der Waals surface area contributed by atoms with E-state index >= 15 is 0 Å². The summed E-state index contributed by atoms with van der Waals surface area (Å²) in [6.07, 6.45) is 2.48. The normalized spacial score (nSPS) is 14.3. The maximum atomic E-state index is 12.3. The molecule has 5 aromatic rings. The van der Waals surface area contributed by atoms with Crippen molar-refractivity contribution in [1.29, 1.82) is 0 Å². The van der Waals surface area contributed by atoms with Crippen LogP contribution >= 0.6 is 11.8 Å². The molecule has 0 unspecified atom stereocenters. The third-order valence-corrected chi connectivity index (χ3v) is 7.63. The van der Waals surface area contributed by atoms with Gasteiger partial charge in [0.25, 0.3) is 0 Å². The first-order valence-corrected chi connectivity index (χ1v) is 13.0. The third-order valence-electron chi connectivity index (χ3n) is 6.61. The fourth-order valence-corrected chi connectivity index (χ4v) is 5.82. The molecule has 3 aromatic carbocycles. The van der Waals surface area contributed by atoms with E-state index in [1.54, 1.807) is 17.8 Å². The SMILES string of the molecule is O=c1cc(CSc2nnc(CN3CCCC3)n2Cc2ccccc2)c2c(ccc3ccccc32)o1. The number of likely N-dealkylation sites (tertiary alicyclic amines) is 1. The van der Waals surface area contributed by atoms with E-state index in [1.807, 2.05) is 30.3 Å². The summed E-state index contributed by atoms with van der Waals surface area (Å²) < 4.78 is 7.77. The molecule has 0 spiro atoms. The van der Waals surface area contributed by atoms with Crippen molar-refractivity contribution >= 4 is 33.5 Å². The number of thioether (sulfide) groups is 1. The first-order valence-electron chi connectivity index (χ1n) is 12.0. The molecular weight excluding hydrogens is 456 g/mol. The topological polar surface area (TPSA) is 64.2 Å². The Balaban J connectivity index is 1.35. The Morgan fingerprint density at radius 2 is 1.69 bits per heavy atom. The average molecular weight is 483 g/mol. The molecule has 0 saturated carbocycles. The van der Waals surface area contributed by atoms with Crippen LogP contribution in [0.3, 0.4) is 0 Å². The van der Waals surface area contributed by atoms with Crippen LogP contribution in [-0.2, 0) is 18.8 Å². The highest BCUT2D eigenvalue weighted by Crippen LogP contribution is 2.31. The number of hydrogen-bond donors (Lipinski definition) is 0. The predicted molar refractivity (Wildman–Crippen MR) is 140 cm³/mol. The van der Waals surface area contributed by atoms with Gasteiger partial charge in [-0.05, 0) is 53.9 Å². The monoisotopic (exact) mass is 482 g/mol. The van der Waals surface area contributed by atoms with Crippen molar-refractivity contribution in [2.75, 3.05) is 13.1 Å². The first-order chi connectivity index (χ1) is 17.2. The summed E-state index contributed by atoms with van der Waals surface area (Å²) in [4.78, 5) is 14.8. The predicted octanol–water partition coefficient (Wildman–Crippen LogP) is 5.47. The average Bonchev–Trinajstić information content (AvgIpc) is 3.53. The van der Waals surface area contributed by atoms with Gasteiger partial charge in [0.15, 0.2) is 5.16 Å². The molecule has 35 heavy (non-hydrogen) atoms. The number of aromatic nitrogens is 3. The van der Waals surface area contributed by atoms with Crippen LogP contribution in [0.15, 0.2) is 87.2 Å². The van der Waals surface area contributed by atoms with Gasteiger partial charge in [0, 0.05) is 17.2 Å². The molecule has 1 aliphatic rings. The summed E-state index contributed by atoms with van der Waals surface area (Å²) in [5.74, 6) is 1.59. The van der Waals surface area contributed by atoms with E-state index in [-0.39, 0.29) is 5.63 Å². The van der Waals surface area contributed by atoms with Crippen LogP contribution in [0.25, 0.3) is 21.7 Å². The summed E-state index contributed by atoms with van der Waals surface area (Å²) in [6, 6.07) is 24.1. The van der Waals surface area contributed by atoms with Crippen molar-refractivity contribution in [2.45, 2.75) is 36.8 Å². The molecule has 7 heteroatoms. The van der Waals surface area contributed by atoms with E-state index < -0.39 is 0 Å². The van der Waals surface area contributed by atoms with Gasteiger partial charge >= 0.3 is 5.63 Å². The Kier molecular flexibility index (Phi) is 6.10. The van der Waals surface area contributed by atoms with E-state index in [9.17, 15) is 4.79 Å². The van der Waals surface area contributed by atoms with Gasteiger partial charge in [-0.15, -0.1) is 10.2 Å². The second-order valence-electron chi connectivity index (χ2n) is 8.99. The quantitative estimate of drug-likeness (QED) is 0.174. The minimum Gasteiger partial charge on any atom is -0.423 e. The lowest BCUT2D eigenvalue weighted by Crippen LogP contribution is -2.21. The molecule has 2 aromatic heterocycles. The maximum Gasteiger partial charge on any atom is 0.336 e. The van der Waals surface area contributed by atoms with Crippen molar-refractivity contribution in [1.82, 2.24) is 19.7 Å². The summed E-state index contributed by atoms with van der Waals surface area (Å²) in [5.41, 5.74) is 2.46. The molecule has 0 atom stereocenters. The fourth-order valence-electron chi connectivity index (χ4n) is 4.88. The molecule has 6 nitrogen and oxygen atoms in total. The molecular formula is C28H26N4O2S. The van der Waals surface area contributed by atoms with Crippen molar-refractivity contribution < 1.29 is 4.42 Å². The fraction of sp³-hybridized carbons (Fsp3) is 0.250. The van der Waals surface area contributed by atoms with Crippen LogP contribution in [0, 0.1) is 0 Å². The highest BCUT2D eigenvalue weighted by molar-refractivity contribution is 7.98. The van der Waals surface area contributed by atoms with Crippen LogP contribution in [0.4, 0.5) is 0 Å². The van der Waals surface area contributed by atoms with Crippen molar-refractivity contribution in [2.24, 2.45) is 0 Å². The molecule has 1 saturated heterocycles. The zero-order valence-electron chi connectivity index (χ0n) is 19.4. The number of nitrogens with zero attached hydrogens (tertiary/aromatic N) is 4. The Labute approximate surface area is 207 Å². The van der Waals surface area contributed by atoms with Crippen LogP contribution in [0.2, 0.25) is 0 Å². The lowest BCUT2D eigenvalue weighted by molar-refractivity contribution is 0.316. The largest absolute Gasteiger partial charge is 0.423 e. The molecule has 0 bridgehead atoms. The van der Waals surface area contributed by atoms with Crippen molar-refractivity contribution in [3.63, 3.8) is 0 Å². The number of hydrogen-bond acceptors (Lipinski definition) is 6. The Bertz CT molecular complexity index is 1540. The van der Waals surface area contributed by atoms with Crippen molar-refractivity contribution in [3.8, 4) is 0 Å². The van der Waals surface area contributed by atoms with Gasteiger partial charge in [0.1, 0.15) is 11.4 Å². The second-order valence-corrected chi connectivity index (χ2v) is 9.94. The van der Waals surface area contributed by atoms with E-state index in [0.717, 1.165) is 58.9 Å². The number of rotatable bonds is 7. The molecule has 176 valence electrons. The van der Waals surface area contributed by atoms with Gasteiger partial charge in [-0.25, -0.2) is 4.79 Å². The van der Waals surface area contributed by atoms with E-state index in [2.05, 4.69) is 56.1 Å². The molecule has 1 fully saturated rings. The summed E-state index contributed by atoms with van der Waals surface area (Å²) >= 11 is 1.62. The van der Waals surface area contributed by atoms with E-state index in [4.69, 9.17) is 4.42 Å². The van der Waals surface area contributed by atoms with Crippen LogP contribution in [0.5, 0.6) is 0 Å². The molecule has 1 aliphatic heterocycles. The minimum atomic E-state index is -0.330. The highest BCUT2D eigenvalue weighted by atomic mass is 32.2. The second kappa shape index (κ2) is 9.68. The molecule has 0 aliphatic carbocycles. The van der Waals surface area contributed by atoms with Gasteiger partial charge in [-0.3, -0.25) is 4.90 Å². The Hall–Kier alpha value is -3.42. The summed E-state index contributed by atoms with van der Waals surface area (Å²) in [7, 11) is 0.